The Bertz CT molecular complexity index is 492. The largest absolute Gasteiger partial charge is 0.347 e. The zero-order valence-corrected chi connectivity index (χ0v) is 11.5. The monoisotopic (exact) mass is 243 g/mol. The summed E-state index contributed by atoms with van der Waals surface area (Å²) in [4.78, 5) is 7.53. The van der Waals surface area contributed by atoms with Gasteiger partial charge >= 0.3 is 0 Å². The molecule has 0 bridgehead atoms. The third-order valence-electron chi connectivity index (χ3n) is 3.45. The highest BCUT2D eigenvalue weighted by molar-refractivity contribution is 5.38. The Labute approximate surface area is 109 Å². The first-order valence-electron chi connectivity index (χ1n) is 6.35. The van der Waals surface area contributed by atoms with Gasteiger partial charge in [0.25, 0.3) is 0 Å². The second-order valence-electron chi connectivity index (χ2n) is 4.90. The van der Waals surface area contributed by atoms with Crippen molar-refractivity contribution in [1.82, 2.24) is 15.3 Å². The maximum Gasteiger partial charge on any atom is 0.123 e. The summed E-state index contributed by atoms with van der Waals surface area (Å²) < 4.78 is 0. The number of likely N-dealkylation sites (N-methyl/N-ethyl adjacent to an activating group) is 1. The summed E-state index contributed by atoms with van der Waals surface area (Å²) >= 11 is 0. The van der Waals surface area contributed by atoms with Gasteiger partial charge in [0.05, 0.1) is 6.04 Å². The molecule has 0 saturated heterocycles. The molecule has 3 heteroatoms. The molecule has 0 saturated carbocycles. The highest BCUT2D eigenvalue weighted by atomic mass is 15.0. The van der Waals surface area contributed by atoms with E-state index in [0.717, 1.165) is 12.2 Å². The van der Waals surface area contributed by atoms with Crippen LogP contribution in [0.3, 0.4) is 0 Å². The van der Waals surface area contributed by atoms with Crippen molar-refractivity contribution < 1.29 is 0 Å². The van der Waals surface area contributed by atoms with Crippen molar-refractivity contribution in [1.29, 1.82) is 0 Å². The number of aryl methyl sites for hydroxylation is 3. The molecule has 18 heavy (non-hydrogen) atoms. The molecule has 2 rings (SSSR count). The molecule has 2 aromatic rings. The maximum atomic E-state index is 4.34. The van der Waals surface area contributed by atoms with Crippen molar-refractivity contribution in [2.75, 3.05) is 7.05 Å². The second kappa shape index (κ2) is 5.36. The smallest absolute Gasteiger partial charge is 0.123 e. The Hall–Kier alpha value is -1.61. The molecule has 1 aromatic carbocycles. The molecule has 3 nitrogen and oxygen atoms in total. The molecule has 1 atom stereocenters. The lowest BCUT2D eigenvalue weighted by Crippen LogP contribution is -2.21. The molecule has 0 radical (unpaired) electrons. The molecule has 0 spiro atoms. The van der Waals surface area contributed by atoms with Gasteiger partial charge in [-0.1, -0.05) is 17.7 Å². The first kappa shape index (κ1) is 12.8. The van der Waals surface area contributed by atoms with Crippen LogP contribution in [-0.4, -0.2) is 17.0 Å². The van der Waals surface area contributed by atoms with Crippen LogP contribution >= 0.6 is 0 Å². The maximum absolute atomic E-state index is 4.34. The van der Waals surface area contributed by atoms with E-state index < -0.39 is 0 Å². The van der Waals surface area contributed by atoms with Crippen molar-refractivity contribution >= 4 is 0 Å². The van der Waals surface area contributed by atoms with Crippen molar-refractivity contribution in [3.8, 4) is 0 Å². The Morgan fingerprint density at radius 1 is 1.22 bits per heavy atom. The Morgan fingerprint density at radius 2 is 1.89 bits per heavy atom. The van der Waals surface area contributed by atoms with Crippen LogP contribution in [0.1, 0.15) is 34.1 Å². The first-order chi connectivity index (χ1) is 8.61. The molecule has 0 aliphatic carbocycles. The fourth-order valence-corrected chi connectivity index (χ4v) is 2.54. The molecule has 0 aliphatic heterocycles. The highest BCUT2D eigenvalue weighted by Gasteiger charge is 2.15. The van der Waals surface area contributed by atoms with E-state index in [0.29, 0.717) is 0 Å². The summed E-state index contributed by atoms with van der Waals surface area (Å²) in [6.45, 7) is 6.51. The van der Waals surface area contributed by atoms with Gasteiger partial charge in [-0.05, 0) is 50.9 Å². The summed E-state index contributed by atoms with van der Waals surface area (Å²) in [5.74, 6) is 0.997. The predicted octanol–water partition coefficient (Wildman–Crippen LogP) is 2.84. The lowest BCUT2D eigenvalue weighted by atomic mass is 9.94. The van der Waals surface area contributed by atoms with Gasteiger partial charge in [-0.3, -0.25) is 0 Å². The molecular weight excluding hydrogens is 222 g/mol. The van der Waals surface area contributed by atoms with E-state index in [9.17, 15) is 0 Å². The number of aromatic nitrogens is 2. The molecule has 2 N–H and O–H groups in total. The number of benzene rings is 1. The van der Waals surface area contributed by atoms with Crippen LogP contribution in [0, 0.1) is 20.8 Å². The molecule has 1 heterocycles. The fraction of sp³-hybridized carbons (Fsp3) is 0.400. The highest BCUT2D eigenvalue weighted by Crippen LogP contribution is 2.22. The molecule has 0 fully saturated rings. The number of hydrogen-bond acceptors (Lipinski definition) is 2. The molecular formula is C15H21N3. The minimum absolute atomic E-state index is 0.236. The van der Waals surface area contributed by atoms with Gasteiger partial charge in [-0.25, -0.2) is 4.98 Å². The number of aromatic amines is 1. The summed E-state index contributed by atoms with van der Waals surface area (Å²) in [7, 11) is 1.98. The van der Waals surface area contributed by atoms with Gasteiger partial charge in [0.2, 0.25) is 0 Å². The van der Waals surface area contributed by atoms with E-state index in [2.05, 4.69) is 48.2 Å². The van der Waals surface area contributed by atoms with E-state index in [1.54, 1.807) is 6.20 Å². The molecule has 96 valence electrons. The molecule has 0 amide bonds. The summed E-state index contributed by atoms with van der Waals surface area (Å²) in [5, 5.41) is 3.33. The van der Waals surface area contributed by atoms with Gasteiger partial charge in [0, 0.05) is 12.4 Å². The second-order valence-corrected chi connectivity index (χ2v) is 4.90. The number of rotatable bonds is 4. The van der Waals surface area contributed by atoms with Crippen LogP contribution in [0.4, 0.5) is 0 Å². The average molecular weight is 243 g/mol. The third-order valence-corrected chi connectivity index (χ3v) is 3.45. The van der Waals surface area contributed by atoms with Crippen molar-refractivity contribution in [3.05, 3.63) is 52.6 Å². The zero-order valence-electron chi connectivity index (χ0n) is 11.5. The Balaban J connectivity index is 2.28. The fourth-order valence-electron chi connectivity index (χ4n) is 2.54. The quantitative estimate of drug-likeness (QED) is 0.867. The van der Waals surface area contributed by atoms with Gasteiger partial charge in [-0.2, -0.15) is 0 Å². The summed E-state index contributed by atoms with van der Waals surface area (Å²) in [6.07, 6.45) is 4.63. The average Bonchev–Trinajstić information content (AvgIpc) is 2.81. The normalized spacial score (nSPS) is 12.7. The van der Waals surface area contributed by atoms with Gasteiger partial charge in [-0.15, -0.1) is 0 Å². The number of nitrogens with one attached hydrogen (secondary N) is 2. The van der Waals surface area contributed by atoms with Gasteiger partial charge in [0.15, 0.2) is 0 Å². The molecule has 1 aromatic heterocycles. The Morgan fingerprint density at radius 3 is 2.39 bits per heavy atom. The van der Waals surface area contributed by atoms with Crippen LogP contribution in [-0.2, 0) is 6.42 Å². The first-order valence-corrected chi connectivity index (χ1v) is 6.35. The van der Waals surface area contributed by atoms with Crippen molar-refractivity contribution in [3.63, 3.8) is 0 Å². The van der Waals surface area contributed by atoms with Crippen molar-refractivity contribution in [2.24, 2.45) is 0 Å². The van der Waals surface area contributed by atoms with Crippen LogP contribution in [0.25, 0.3) is 0 Å². The van der Waals surface area contributed by atoms with Crippen LogP contribution in [0.5, 0.6) is 0 Å². The van der Waals surface area contributed by atoms with Crippen LogP contribution in [0.15, 0.2) is 24.5 Å². The van der Waals surface area contributed by atoms with Gasteiger partial charge < -0.3 is 10.3 Å². The predicted molar refractivity (Wildman–Crippen MR) is 74.7 cm³/mol. The number of imidazole rings is 1. The van der Waals surface area contributed by atoms with E-state index in [1.165, 1.54) is 22.3 Å². The third kappa shape index (κ3) is 2.62. The topological polar surface area (TPSA) is 40.7 Å². The SMILES string of the molecule is CNC(Cc1c(C)cc(C)cc1C)c1ncc[nH]1. The molecule has 0 aliphatic rings. The molecule has 1 unspecified atom stereocenters. The lowest BCUT2D eigenvalue weighted by molar-refractivity contribution is 0.560. The van der Waals surface area contributed by atoms with Crippen molar-refractivity contribution in [2.45, 2.75) is 33.2 Å². The minimum atomic E-state index is 0.236. The summed E-state index contributed by atoms with van der Waals surface area (Å²) in [5.41, 5.74) is 5.46. The number of H-pyrrole nitrogens is 1. The minimum Gasteiger partial charge on any atom is -0.347 e. The van der Waals surface area contributed by atoms with E-state index in [1.807, 2.05) is 13.2 Å². The number of hydrogen-bond donors (Lipinski definition) is 2. The van der Waals surface area contributed by atoms with Crippen LogP contribution in [0.2, 0.25) is 0 Å². The zero-order chi connectivity index (χ0) is 13.1. The summed E-state index contributed by atoms with van der Waals surface area (Å²) in [6, 6.07) is 4.73. The lowest BCUT2D eigenvalue weighted by Gasteiger charge is -2.18. The van der Waals surface area contributed by atoms with Crippen LogP contribution < -0.4 is 5.32 Å². The standard InChI is InChI=1S/C15H21N3/c1-10-7-11(2)13(12(3)8-10)9-14(16-4)15-17-5-6-18-15/h5-8,14,16H,9H2,1-4H3,(H,17,18). The Kier molecular flexibility index (Phi) is 3.82. The number of nitrogens with zero attached hydrogens (tertiary/aromatic N) is 1. The van der Waals surface area contributed by atoms with E-state index in [4.69, 9.17) is 0 Å². The van der Waals surface area contributed by atoms with E-state index >= 15 is 0 Å². The van der Waals surface area contributed by atoms with Gasteiger partial charge in [0.1, 0.15) is 5.82 Å². The van der Waals surface area contributed by atoms with E-state index in [-0.39, 0.29) is 6.04 Å².